The summed E-state index contributed by atoms with van der Waals surface area (Å²) in [5.41, 5.74) is 3.11. The van der Waals surface area contributed by atoms with Gasteiger partial charge in [-0.3, -0.25) is 4.79 Å². The number of rotatable bonds is 2. The first kappa shape index (κ1) is 8.26. The molecule has 1 aliphatic heterocycles. The summed E-state index contributed by atoms with van der Waals surface area (Å²) in [5.74, 6) is 0.0737. The minimum atomic E-state index is 0.0737. The zero-order chi connectivity index (χ0) is 9.26. The highest BCUT2D eigenvalue weighted by molar-refractivity contribution is 5.99. The van der Waals surface area contributed by atoms with E-state index in [2.05, 4.69) is 5.32 Å². The average molecular weight is 177 g/mol. The predicted octanol–water partition coefficient (Wildman–Crippen LogP) is 1.33. The number of methoxy groups -OCH3 is 1. The summed E-state index contributed by atoms with van der Waals surface area (Å²) in [4.78, 5) is 11.0. The lowest BCUT2D eigenvalue weighted by Crippen LogP contribution is -2.03. The molecule has 3 heteroatoms. The Hall–Kier alpha value is -1.35. The van der Waals surface area contributed by atoms with Gasteiger partial charge in [0.15, 0.2) is 0 Å². The Kier molecular flexibility index (Phi) is 2.02. The van der Waals surface area contributed by atoms with Crippen molar-refractivity contribution < 1.29 is 9.53 Å². The lowest BCUT2D eigenvalue weighted by Gasteiger charge is -2.02. The summed E-state index contributed by atoms with van der Waals surface area (Å²) in [6.45, 7) is 0.599. The van der Waals surface area contributed by atoms with Crippen LogP contribution in [0, 0.1) is 0 Å². The molecular formula is C10H11NO2. The van der Waals surface area contributed by atoms with Crippen molar-refractivity contribution >= 4 is 11.6 Å². The topological polar surface area (TPSA) is 38.3 Å². The van der Waals surface area contributed by atoms with Crippen LogP contribution in [-0.2, 0) is 22.6 Å². The molecule has 0 fully saturated rings. The average Bonchev–Trinajstić information content (AvgIpc) is 2.44. The molecule has 0 saturated carbocycles. The van der Waals surface area contributed by atoms with Gasteiger partial charge in [0, 0.05) is 12.8 Å². The number of carbonyl (C=O) groups is 1. The van der Waals surface area contributed by atoms with Gasteiger partial charge in [-0.25, -0.2) is 0 Å². The third-order valence-electron chi connectivity index (χ3n) is 2.11. The fourth-order valence-electron chi connectivity index (χ4n) is 1.54. The Morgan fingerprint density at radius 1 is 1.54 bits per heavy atom. The largest absolute Gasteiger partial charge is 0.380 e. The predicted molar refractivity (Wildman–Crippen MR) is 49.5 cm³/mol. The van der Waals surface area contributed by atoms with Gasteiger partial charge in [-0.05, 0) is 17.2 Å². The van der Waals surface area contributed by atoms with Crippen molar-refractivity contribution in [1.29, 1.82) is 0 Å². The summed E-state index contributed by atoms with van der Waals surface area (Å²) < 4.78 is 5.01. The first-order valence-electron chi connectivity index (χ1n) is 4.20. The first-order chi connectivity index (χ1) is 6.29. The maximum Gasteiger partial charge on any atom is 0.228 e. The number of benzene rings is 1. The Balaban J connectivity index is 2.29. The van der Waals surface area contributed by atoms with E-state index < -0.39 is 0 Å². The second kappa shape index (κ2) is 3.18. The van der Waals surface area contributed by atoms with Crippen LogP contribution in [-0.4, -0.2) is 13.0 Å². The van der Waals surface area contributed by atoms with Gasteiger partial charge in [-0.2, -0.15) is 0 Å². The quantitative estimate of drug-likeness (QED) is 0.740. The number of ether oxygens (including phenoxy) is 1. The molecule has 0 aliphatic carbocycles. The maximum atomic E-state index is 11.0. The number of anilines is 1. The second-order valence-corrected chi connectivity index (χ2v) is 3.15. The number of fused-ring (bicyclic) bond motifs is 1. The lowest BCUT2D eigenvalue weighted by molar-refractivity contribution is -0.115. The van der Waals surface area contributed by atoms with Crippen LogP contribution < -0.4 is 5.32 Å². The van der Waals surface area contributed by atoms with Crippen LogP contribution in [0.5, 0.6) is 0 Å². The minimum Gasteiger partial charge on any atom is -0.380 e. The lowest BCUT2D eigenvalue weighted by atomic mass is 10.1. The molecule has 0 spiro atoms. The number of hydrogen-bond acceptors (Lipinski definition) is 2. The second-order valence-electron chi connectivity index (χ2n) is 3.15. The van der Waals surface area contributed by atoms with Crippen molar-refractivity contribution in [2.75, 3.05) is 12.4 Å². The molecule has 13 heavy (non-hydrogen) atoms. The normalized spacial score (nSPS) is 14.1. The van der Waals surface area contributed by atoms with Gasteiger partial charge < -0.3 is 10.1 Å². The summed E-state index contributed by atoms with van der Waals surface area (Å²) in [7, 11) is 1.66. The smallest absolute Gasteiger partial charge is 0.228 e. The maximum absolute atomic E-state index is 11.0. The highest BCUT2D eigenvalue weighted by Crippen LogP contribution is 2.23. The fourth-order valence-corrected chi connectivity index (χ4v) is 1.54. The molecule has 1 amide bonds. The third kappa shape index (κ3) is 1.55. The molecule has 1 aromatic carbocycles. The molecule has 0 bridgehead atoms. The summed E-state index contributed by atoms with van der Waals surface area (Å²) in [6, 6.07) is 5.90. The van der Waals surface area contributed by atoms with Crippen LogP contribution in [0.15, 0.2) is 18.2 Å². The molecule has 68 valence electrons. The van der Waals surface area contributed by atoms with E-state index in [0.717, 1.165) is 16.8 Å². The van der Waals surface area contributed by atoms with E-state index in [1.165, 1.54) is 0 Å². The van der Waals surface area contributed by atoms with Crippen LogP contribution in [0.25, 0.3) is 0 Å². The minimum absolute atomic E-state index is 0.0737. The molecule has 3 nitrogen and oxygen atoms in total. The monoisotopic (exact) mass is 177 g/mol. The molecule has 0 saturated heterocycles. The first-order valence-corrected chi connectivity index (χ1v) is 4.20. The van der Waals surface area contributed by atoms with Gasteiger partial charge in [0.2, 0.25) is 5.91 Å². The molecule has 1 N–H and O–H groups in total. The van der Waals surface area contributed by atoms with E-state index in [1.54, 1.807) is 7.11 Å². The molecule has 2 rings (SSSR count). The molecule has 0 unspecified atom stereocenters. The number of hydrogen-bond donors (Lipinski definition) is 1. The summed E-state index contributed by atoms with van der Waals surface area (Å²) >= 11 is 0. The number of nitrogens with one attached hydrogen (secondary N) is 1. The van der Waals surface area contributed by atoms with Gasteiger partial charge >= 0.3 is 0 Å². The van der Waals surface area contributed by atoms with Crippen molar-refractivity contribution in [3.8, 4) is 0 Å². The number of carbonyl (C=O) groups excluding carboxylic acids is 1. The zero-order valence-electron chi connectivity index (χ0n) is 7.46. The van der Waals surface area contributed by atoms with Crippen LogP contribution in [0.3, 0.4) is 0 Å². The Labute approximate surface area is 76.7 Å². The molecule has 0 atom stereocenters. The fraction of sp³-hybridized carbons (Fsp3) is 0.300. The molecule has 0 radical (unpaired) electrons. The molecule has 1 aliphatic rings. The highest BCUT2D eigenvalue weighted by atomic mass is 16.5. The van der Waals surface area contributed by atoms with Crippen LogP contribution >= 0.6 is 0 Å². The van der Waals surface area contributed by atoms with Gasteiger partial charge in [0.1, 0.15) is 0 Å². The standard InChI is InChI=1S/C10H11NO2/c1-13-6-7-2-3-9-8(4-7)5-10(12)11-9/h2-4H,5-6H2,1H3,(H,11,12). The van der Waals surface area contributed by atoms with E-state index in [4.69, 9.17) is 4.74 Å². The van der Waals surface area contributed by atoms with Crippen molar-refractivity contribution in [2.45, 2.75) is 13.0 Å². The van der Waals surface area contributed by atoms with Crippen molar-refractivity contribution in [2.24, 2.45) is 0 Å². The third-order valence-corrected chi connectivity index (χ3v) is 2.11. The van der Waals surface area contributed by atoms with Gasteiger partial charge in [0.05, 0.1) is 13.0 Å². The Morgan fingerprint density at radius 3 is 3.15 bits per heavy atom. The molecule has 1 heterocycles. The van der Waals surface area contributed by atoms with E-state index in [-0.39, 0.29) is 5.91 Å². The SMILES string of the molecule is COCc1ccc2c(c1)CC(=O)N2. The van der Waals surface area contributed by atoms with Crippen molar-refractivity contribution in [3.05, 3.63) is 29.3 Å². The van der Waals surface area contributed by atoms with Crippen molar-refractivity contribution in [3.63, 3.8) is 0 Å². The highest BCUT2D eigenvalue weighted by Gasteiger charge is 2.16. The van der Waals surface area contributed by atoms with E-state index in [9.17, 15) is 4.79 Å². The van der Waals surface area contributed by atoms with Crippen molar-refractivity contribution in [1.82, 2.24) is 0 Å². The van der Waals surface area contributed by atoms with Crippen LogP contribution in [0.4, 0.5) is 5.69 Å². The van der Waals surface area contributed by atoms with Gasteiger partial charge in [-0.1, -0.05) is 12.1 Å². The Morgan fingerprint density at radius 2 is 2.38 bits per heavy atom. The van der Waals surface area contributed by atoms with Crippen LogP contribution in [0.2, 0.25) is 0 Å². The molecular weight excluding hydrogens is 166 g/mol. The van der Waals surface area contributed by atoms with E-state index in [1.807, 2.05) is 18.2 Å². The van der Waals surface area contributed by atoms with E-state index in [0.29, 0.717) is 13.0 Å². The summed E-state index contributed by atoms with van der Waals surface area (Å²) in [5, 5.41) is 2.79. The van der Waals surface area contributed by atoms with Gasteiger partial charge in [-0.15, -0.1) is 0 Å². The molecule has 1 aromatic rings. The number of amides is 1. The Bertz CT molecular complexity index is 347. The molecule has 0 aromatic heterocycles. The van der Waals surface area contributed by atoms with Gasteiger partial charge in [0.25, 0.3) is 0 Å². The van der Waals surface area contributed by atoms with E-state index >= 15 is 0 Å². The zero-order valence-corrected chi connectivity index (χ0v) is 7.46. The van der Waals surface area contributed by atoms with Crippen LogP contribution in [0.1, 0.15) is 11.1 Å². The summed E-state index contributed by atoms with van der Waals surface area (Å²) in [6.07, 6.45) is 0.493.